The zero-order valence-corrected chi connectivity index (χ0v) is 12.3. The highest BCUT2D eigenvalue weighted by atomic mass is 16.5. The highest BCUT2D eigenvalue weighted by molar-refractivity contribution is 6.04. The average molecular weight is 285 g/mol. The predicted octanol–water partition coefficient (Wildman–Crippen LogP) is 3.46. The van der Waals surface area contributed by atoms with Gasteiger partial charge in [0.1, 0.15) is 5.75 Å². The van der Waals surface area contributed by atoms with E-state index in [1.54, 1.807) is 6.07 Å². The van der Waals surface area contributed by atoms with Crippen molar-refractivity contribution in [1.29, 1.82) is 0 Å². The monoisotopic (exact) mass is 285 g/mol. The lowest BCUT2D eigenvalue weighted by atomic mass is 9.84. The first-order valence-corrected chi connectivity index (χ1v) is 7.41. The van der Waals surface area contributed by atoms with Crippen molar-refractivity contribution < 1.29 is 14.6 Å². The number of ether oxygens (including phenoxy) is 1. The maximum Gasteiger partial charge on any atom is 0.336 e. The minimum atomic E-state index is -0.874. The second-order valence-corrected chi connectivity index (χ2v) is 5.68. The van der Waals surface area contributed by atoms with Crippen LogP contribution < -0.4 is 4.74 Å². The maximum absolute atomic E-state index is 11.8. The SMILES string of the molecule is CCOc1ccc2nc3c(c(C(=O)O)c2c1)CC(C)CC3. The van der Waals surface area contributed by atoms with Gasteiger partial charge in [-0.05, 0) is 55.9 Å². The molecule has 1 unspecified atom stereocenters. The number of hydrogen-bond donors (Lipinski definition) is 1. The number of pyridine rings is 1. The smallest absolute Gasteiger partial charge is 0.336 e. The van der Waals surface area contributed by atoms with Crippen molar-refractivity contribution in [1.82, 2.24) is 4.98 Å². The van der Waals surface area contributed by atoms with Crippen molar-refractivity contribution in [3.63, 3.8) is 0 Å². The molecule has 1 aromatic heterocycles. The fourth-order valence-electron chi connectivity index (χ4n) is 3.09. The van der Waals surface area contributed by atoms with Gasteiger partial charge in [0.05, 0.1) is 17.7 Å². The van der Waals surface area contributed by atoms with Crippen molar-refractivity contribution in [2.24, 2.45) is 5.92 Å². The number of aryl methyl sites for hydroxylation is 1. The van der Waals surface area contributed by atoms with Crippen LogP contribution in [0, 0.1) is 5.92 Å². The number of rotatable bonds is 3. The fourth-order valence-corrected chi connectivity index (χ4v) is 3.09. The second-order valence-electron chi connectivity index (χ2n) is 5.68. The largest absolute Gasteiger partial charge is 0.494 e. The van der Waals surface area contributed by atoms with Crippen LogP contribution in [0.4, 0.5) is 0 Å². The van der Waals surface area contributed by atoms with E-state index < -0.39 is 5.97 Å². The van der Waals surface area contributed by atoms with Crippen LogP contribution in [0.3, 0.4) is 0 Å². The molecule has 0 spiro atoms. The Morgan fingerprint density at radius 2 is 2.29 bits per heavy atom. The van der Waals surface area contributed by atoms with Gasteiger partial charge in [0.25, 0.3) is 0 Å². The van der Waals surface area contributed by atoms with E-state index in [4.69, 9.17) is 4.74 Å². The van der Waals surface area contributed by atoms with Crippen molar-refractivity contribution in [2.75, 3.05) is 6.61 Å². The highest BCUT2D eigenvalue weighted by Gasteiger charge is 2.25. The van der Waals surface area contributed by atoms with Crippen molar-refractivity contribution in [2.45, 2.75) is 33.1 Å². The molecule has 0 radical (unpaired) electrons. The predicted molar refractivity (Wildman–Crippen MR) is 81.1 cm³/mol. The van der Waals surface area contributed by atoms with Crippen LogP contribution in [0.1, 0.15) is 41.9 Å². The Hall–Kier alpha value is -2.10. The fraction of sp³-hybridized carbons (Fsp3) is 0.412. The number of carboxylic acid groups (broad SMARTS) is 1. The summed E-state index contributed by atoms with van der Waals surface area (Å²) in [6.07, 6.45) is 2.72. The molecular formula is C17H19NO3. The molecule has 4 heteroatoms. The molecule has 0 saturated heterocycles. The summed E-state index contributed by atoms with van der Waals surface area (Å²) in [4.78, 5) is 16.5. The van der Waals surface area contributed by atoms with E-state index in [1.165, 1.54) is 0 Å². The summed E-state index contributed by atoms with van der Waals surface area (Å²) in [6, 6.07) is 5.50. The van der Waals surface area contributed by atoms with Gasteiger partial charge in [-0.2, -0.15) is 0 Å². The van der Waals surface area contributed by atoms with E-state index in [9.17, 15) is 9.90 Å². The standard InChI is InChI=1S/C17H19NO3/c1-3-21-11-5-7-15-13(9-11)16(17(19)20)12-8-10(2)4-6-14(12)18-15/h5,7,9-10H,3-4,6,8H2,1-2H3,(H,19,20). The lowest BCUT2D eigenvalue weighted by Crippen LogP contribution is -2.18. The minimum absolute atomic E-state index is 0.406. The molecular weight excluding hydrogens is 266 g/mol. The van der Waals surface area contributed by atoms with Gasteiger partial charge < -0.3 is 9.84 Å². The van der Waals surface area contributed by atoms with Gasteiger partial charge in [0.2, 0.25) is 0 Å². The first-order chi connectivity index (χ1) is 10.1. The van der Waals surface area contributed by atoms with E-state index >= 15 is 0 Å². The Morgan fingerprint density at radius 3 is 3.00 bits per heavy atom. The van der Waals surface area contributed by atoms with E-state index in [-0.39, 0.29) is 0 Å². The molecule has 21 heavy (non-hydrogen) atoms. The number of fused-ring (bicyclic) bond motifs is 2. The lowest BCUT2D eigenvalue weighted by Gasteiger charge is -2.23. The number of hydrogen-bond acceptors (Lipinski definition) is 3. The van der Waals surface area contributed by atoms with Gasteiger partial charge in [-0.25, -0.2) is 4.79 Å². The number of carboxylic acids is 1. The van der Waals surface area contributed by atoms with Crippen LogP contribution in [0.15, 0.2) is 18.2 Å². The number of aromatic nitrogens is 1. The van der Waals surface area contributed by atoms with Crippen molar-refractivity contribution in [3.8, 4) is 5.75 Å². The number of aromatic carboxylic acids is 1. The molecule has 0 fully saturated rings. The quantitative estimate of drug-likeness (QED) is 0.938. The molecule has 1 aliphatic carbocycles. The summed E-state index contributed by atoms with van der Waals surface area (Å²) >= 11 is 0. The first kappa shape index (κ1) is 13.9. The van der Waals surface area contributed by atoms with Crippen molar-refractivity contribution in [3.05, 3.63) is 35.0 Å². The van der Waals surface area contributed by atoms with Crippen LogP contribution in [0.5, 0.6) is 5.75 Å². The number of nitrogens with zero attached hydrogens (tertiary/aromatic N) is 1. The summed E-state index contributed by atoms with van der Waals surface area (Å²) in [7, 11) is 0. The van der Waals surface area contributed by atoms with Crippen LogP contribution in [-0.4, -0.2) is 22.7 Å². The van der Waals surface area contributed by atoms with Crippen LogP contribution in [0.25, 0.3) is 10.9 Å². The summed E-state index contributed by atoms with van der Waals surface area (Å²) in [5.41, 5.74) is 3.00. The molecule has 0 bridgehead atoms. The molecule has 0 saturated carbocycles. The molecule has 1 N–H and O–H groups in total. The van der Waals surface area contributed by atoms with Gasteiger partial charge in [-0.1, -0.05) is 6.92 Å². The molecule has 4 nitrogen and oxygen atoms in total. The molecule has 1 aliphatic rings. The molecule has 3 rings (SSSR count). The van der Waals surface area contributed by atoms with E-state index in [1.807, 2.05) is 19.1 Å². The first-order valence-electron chi connectivity index (χ1n) is 7.41. The zero-order chi connectivity index (χ0) is 15.0. The Morgan fingerprint density at radius 1 is 1.48 bits per heavy atom. The van der Waals surface area contributed by atoms with E-state index in [2.05, 4.69) is 11.9 Å². The molecule has 1 aromatic carbocycles. The molecule has 110 valence electrons. The number of benzene rings is 1. The van der Waals surface area contributed by atoms with Gasteiger partial charge in [0, 0.05) is 11.1 Å². The summed E-state index contributed by atoms with van der Waals surface area (Å²) in [5.74, 6) is 0.324. The number of carbonyl (C=O) groups is 1. The van der Waals surface area contributed by atoms with Crippen LogP contribution >= 0.6 is 0 Å². The maximum atomic E-state index is 11.8. The molecule has 1 atom stereocenters. The zero-order valence-electron chi connectivity index (χ0n) is 12.3. The normalized spacial score (nSPS) is 17.5. The third-order valence-corrected chi connectivity index (χ3v) is 4.09. The Labute approximate surface area is 123 Å². The van der Waals surface area contributed by atoms with E-state index in [0.717, 1.165) is 36.0 Å². The molecule has 0 aliphatic heterocycles. The van der Waals surface area contributed by atoms with Gasteiger partial charge in [-0.15, -0.1) is 0 Å². The lowest BCUT2D eigenvalue weighted by molar-refractivity contribution is 0.0697. The third kappa shape index (κ3) is 2.46. The Bertz CT molecular complexity index is 709. The molecule has 2 aromatic rings. The van der Waals surface area contributed by atoms with E-state index in [0.29, 0.717) is 29.2 Å². The Kier molecular flexibility index (Phi) is 3.53. The van der Waals surface area contributed by atoms with Gasteiger partial charge in [0.15, 0.2) is 0 Å². The third-order valence-electron chi connectivity index (χ3n) is 4.09. The molecule has 1 heterocycles. The summed E-state index contributed by atoms with van der Waals surface area (Å²) in [5, 5.41) is 10.4. The van der Waals surface area contributed by atoms with Gasteiger partial charge in [-0.3, -0.25) is 4.98 Å². The highest BCUT2D eigenvalue weighted by Crippen LogP contribution is 2.33. The Balaban J connectivity index is 2.27. The van der Waals surface area contributed by atoms with Crippen molar-refractivity contribution >= 4 is 16.9 Å². The topological polar surface area (TPSA) is 59.4 Å². The molecule has 0 amide bonds. The summed E-state index contributed by atoms with van der Waals surface area (Å²) < 4.78 is 5.49. The van der Waals surface area contributed by atoms with Crippen LogP contribution in [0.2, 0.25) is 0 Å². The second kappa shape index (κ2) is 5.35. The average Bonchev–Trinajstić information content (AvgIpc) is 2.45. The summed E-state index contributed by atoms with van der Waals surface area (Å²) in [6.45, 7) is 4.63. The minimum Gasteiger partial charge on any atom is -0.494 e. The van der Waals surface area contributed by atoms with Gasteiger partial charge >= 0.3 is 5.97 Å². The van der Waals surface area contributed by atoms with Crippen LogP contribution in [-0.2, 0) is 12.8 Å².